The second kappa shape index (κ2) is 6.72. The summed E-state index contributed by atoms with van der Waals surface area (Å²) in [5, 5.41) is 20.2. The molecule has 1 aromatic carbocycles. The van der Waals surface area contributed by atoms with E-state index in [-0.39, 0.29) is 18.8 Å². The van der Waals surface area contributed by atoms with E-state index in [1.807, 2.05) is 0 Å². The second-order valence-corrected chi connectivity index (χ2v) is 4.41. The second-order valence-electron chi connectivity index (χ2n) is 4.41. The van der Waals surface area contributed by atoms with Crippen molar-refractivity contribution in [1.29, 1.82) is 0 Å². The van der Waals surface area contributed by atoms with Gasteiger partial charge in [0.15, 0.2) is 6.61 Å². The Hall–Kier alpha value is -2.87. The summed E-state index contributed by atoms with van der Waals surface area (Å²) in [5.74, 6) is -1.81. The Morgan fingerprint density at radius 2 is 2.09 bits per heavy atom. The number of hydrogen-bond donors (Lipinski definition) is 3. The standard InChI is InChI=1S/C14H14N2O6/c17-5-4-16-12(18)7-11(14(16)21)15-9-2-1-3-10(6-9)22-8-13(19)20/h1-3,6-7,15,17H,4-5,8H2,(H,19,20). The van der Waals surface area contributed by atoms with Crippen LogP contribution in [0.25, 0.3) is 0 Å². The molecule has 8 nitrogen and oxygen atoms in total. The lowest BCUT2D eigenvalue weighted by Gasteiger charge is -2.13. The summed E-state index contributed by atoms with van der Waals surface area (Å²) >= 11 is 0. The number of nitrogens with one attached hydrogen (secondary N) is 1. The highest BCUT2D eigenvalue weighted by molar-refractivity contribution is 6.17. The van der Waals surface area contributed by atoms with Crippen molar-refractivity contribution in [2.24, 2.45) is 0 Å². The number of imide groups is 1. The molecule has 2 amide bonds. The lowest BCUT2D eigenvalue weighted by Crippen LogP contribution is -2.34. The van der Waals surface area contributed by atoms with Crippen LogP contribution in [-0.4, -0.2) is 52.7 Å². The van der Waals surface area contributed by atoms with Gasteiger partial charge in [-0.2, -0.15) is 0 Å². The zero-order valence-corrected chi connectivity index (χ0v) is 11.5. The number of ether oxygens (including phenoxy) is 1. The van der Waals surface area contributed by atoms with Gasteiger partial charge in [-0.1, -0.05) is 6.07 Å². The Labute approximate surface area is 125 Å². The highest BCUT2D eigenvalue weighted by Gasteiger charge is 2.30. The van der Waals surface area contributed by atoms with E-state index in [0.29, 0.717) is 11.4 Å². The average Bonchev–Trinajstić information content (AvgIpc) is 2.74. The number of aliphatic carboxylic acids is 1. The molecule has 1 aromatic rings. The fraction of sp³-hybridized carbons (Fsp3) is 0.214. The van der Waals surface area contributed by atoms with Crippen molar-refractivity contribution in [2.45, 2.75) is 0 Å². The first kappa shape index (κ1) is 15.5. The third kappa shape index (κ3) is 3.61. The molecule has 1 aliphatic heterocycles. The van der Waals surface area contributed by atoms with E-state index in [1.54, 1.807) is 18.2 Å². The summed E-state index contributed by atoms with van der Waals surface area (Å²) in [5.41, 5.74) is 0.551. The van der Waals surface area contributed by atoms with Gasteiger partial charge in [0.2, 0.25) is 0 Å². The van der Waals surface area contributed by atoms with Crippen LogP contribution in [0.2, 0.25) is 0 Å². The van der Waals surface area contributed by atoms with Crippen LogP contribution in [0.3, 0.4) is 0 Å². The van der Waals surface area contributed by atoms with Crippen molar-refractivity contribution in [3.05, 3.63) is 36.0 Å². The predicted octanol–water partition coefficient (Wildman–Crippen LogP) is -0.193. The van der Waals surface area contributed by atoms with Crippen LogP contribution >= 0.6 is 0 Å². The van der Waals surface area contributed by atoms with Gasteiger partial charge in [0.25, 0.3) is 11.8 Å². The van der Waals surface area contributed by atoms with Crippen LogP contribution in [-0.2, 0) is 14.4 Å². The quantitative estimate of drug-likeness (QED) is 0.598. The minimum absolute atomic E-state index is 0.0683. The average molecular weight is 306 g/mol. The molecular weight excluding hydrogens is 292 g/mol. The largest absolute Gasteiger partial charge is 0.482 e. The van der Waals surface area contributed by atoms with Gasteiger partial charge in [-0.3, -0.25) is 14.5 Å². The minimum atomic E-state index is -1.10. The highest BCUT2D eigenvalue weighted by atomic mass is 16.5. The zero-order chi connectivity index (χ0) is 16.1. The molecule has 0 spiro atoms. The first-order valence-corrected chi connectivity index (χ1v) is 6.41. The molecule has 1 heterocycles. The first-order valence-electron chi connectivity index (χ1n) is 6.41. The van der Waals surface area contributed by atoms with Gasteiger partial charge in [-0.05, 0) is 12.1 Å². The summed E-state index contributed by atoms with van der Waals surface area (Å²) < 4.78 is 5.03. The van der Waals surface area contributed by atoms with Gasteiger partial charge in [-0.25, -0.2) is 4.79 Å². The van der Waals surface area contributed by atoms with Crippen molar-refractivity contribution in [1.82, 2.24) is 4.90 Å². The van der Waals surface area contributed by atoms with Crippen molar-refractivity contribution >= 4 is 23.5 Å². The smallest absolute Gasteiger partial charge is 0.341 e. The van der Waals surface area contributed by atoms with E-state index < -0.39 is 24.4 Å². The molecule has 0 radical (unpaired) electrons. The number of aliphatic hydroxyl groups excluding tert-OH is 1. The van der Waals surface area contributed by atoms with Gasteiger partial charge in [0.1, 0.15) is 11.4 Å². The highest BCUT2D eigenvalue weighted by Crippen LogP contribution is 2.21. The SMILES string of the molecule is O=C(O)COc1cccc(NC2=CC(=O)N(CCO)C2=O)c1. The van der Waals surface area contributed by atoms with Gasteiger partial charge < -0.3 is 20.3 Å². The molecular formula is C14H14N2O6. The Bertz CT molecular complexity index is 640. The normalized spacial score (nSPS) is 14.0. The first-order chi connectivity index (χ1) is 10.5. The van der Waals surface area contributed by atoms with Crippen LogP contribution < -0.4 is 10.1 Å². The van der Waals surface area contributed by atoms with E-state index in [2.05, 4.69) is 5.32 Å². The number of benzene rings is 1. The molecule has 2 rings (SSSR count). The van der Waals surface area contributed by atoms with Crippen molar-refractivity contribution in [3.63, 3.8) is 0 Å². The van der Waals surface area contributed by atoms with Crippen LogP contribution in [0, 0.1) is 0 Å². The van der Waals surface area contributed by atoms with E-state index in [0.717, 1.165) is 11.0 Å². The molecule has 8 heteroatoms. The van der Waals surface area contributed by atoms with Crippen molar-refractivity contribution in [3.8, 4) is 5.75 Å². The lowest BCUT2D eigenvalue weighted by molar-refractivity contribution is -0.139. The minimum Gasteiger partial charge on any atom is -0.482 e. The van der Waals surface area contributed by atoms with Crippen LogP contribution in [0.4, 0.5) is 5.69 Å². The van der Waals surface area contributed by atoms with Gasteiger partial charge in [-0.15, -0.1) is 0 Å². The summed E-state index contributed by atoms with van der Waals surface area (Å²) in [6.07, 6.45) is 1.14. The molecule has 0 atom stereocenters. The Balaban J connectivity index is 2.06. The number of rotatable bonds is 7. The van der Waals surface area contributed by atoms with E-state index in [9.17, 15) is 14.4 Å². The van der Waals surface area contributed by atoms with Crippen molar-refractivity contribution < 1.29 is 29.3 Å². The third-order valence-corrected chi connectivity index (χ3v) is 2.81. The Morgan fingerprint density at radius 1 is 1.32 bits per heavy atom. The number of carboxylic acid groups (broad SMARTS) is 1. The molecule has 0 bridgehead atoms. The fourth-order valence-electron chi connectivity index (χ4n) is 1.87. The molecule has 1 aliphatic rings. The third-order valence-electron chi connectivity index (χ3n) is 2.81. The number of aliphatic hydroxyl groups is 1. The van der Waals surface area contributed by atoms with Crippen LogP contribution in [0.15, 0.2) is 36.0 Å². The van der Waals surface area contributed by atoms with E-state index in [1.165, 1.54) is 6.07 Å². The molecule has 116 valence electrons. The number of carboxylic acids is 1. The van der Waals surface area contributed by atoms with Gasteiger partial charge >= 0.3 is 5.97 Å². The summed E-state index contributed by atoms with van der Waals surface area (Å²) in [7, 11) is 0. The Morgan fingerprint density at radius 3 is 2.77 bits per heavy atom. The van der Waals surface area contributed by atoms with Crippen LogP contribution in [0.1, 0.15) is 0 Å². The number of carbonyl (C=O) groups excluding carboxylic acids is 2. The summed E-state index contributed by atoms with van der Waals surface area (Å²) in [4.78, 5) is 35.0. The fourth-order valence-corrected chi connectivity index (χ4v) is 1.87. The number of β-amino-alcohol motifs (C(OH)–C–C–N with tert-alkyl or cyclic N) is 1. The summed E-state index contributed by atoms with van der Waals surface area (Å²) in [6, 6.07) is 6.34. The Kier molecular flexibility index (Phi) is 4.74. The van der Waals surface area contributed by atoms with Crippen LogP contribution in [0.5, 0.6) is 5.75 Å². The van der Waals surface area contributed by atoms with E-state index in [4.69, 9.17) is 14.9 Å². The molecule has 3 N–H and O–H groups in total. The monoisotopic (exact) mass is 306 g/mol. The van der Waals surface area contributed by atoms with E-state index >= 15 is 0 Å². The van der Waals surface area contributed by atoms with Gasteiger partial charge in [0, 0.05) is 17.8 Å². The van der Waals surface area contributed by atoms with Crippen molar-refractivity contribution in [2.75, 3.05) is 25.1 Å². The zero-order valence-electron chi connectivity index (χ0n) is 11.5. The molecule has 0 aromatic heterocycles. The predicted molar refractivity (Wildman–Crippen MR) is 75.1 cm³/mol. The van der Waals surface area contributed by atoms with Gasteiger partial charge in [0.05, 0.1) is 13.2 Å². The lowest BCUT2D eigenvalue weighted by atomic mass is 10.3. The maximum absolute atomic E-state index is 12.0. The number of nitrogens with zero attached hydrogens (tertiary/aromatic N) is 1. The molecule has 0 fully saturated rings. The number of hydrogen-bond acceptors (Lipinski definition) is 6. The molecule has 0 unspecified atom stereocenters. The molecule has 0 saturated carbocycles. The topological polar surface area (TPSA) is 116 Å². The maximum Gasteiger partial charge on any atom is 0.341 e. The number of carbonyl (C=O) groups is 3. The molecule has 0 aliphatic carbocycles. The number of anilines is 1. The number of amides is 2. The molecule has 22 heavy (non-hydrogen) atoms. The summed E-state index contributed by atoms with van der Waals surface area (Å²) in [6.45, 7) is -0.855. The maximum atomic E-state index is 12.0. The molecule has 0 saturated heterocycles.